The van der Waals surface area contributed by atoms with Gasteiger partial charge >= 0.3 is 5.97 Å². The maximum absolute atomic E-state index is 12.0. The van der Waals surface area contributed by atoms with Crippen molar-refractivity contribution in [2.75, 3.05) is 20.3 Å². The van der Waals surface area contributed by atoms with Gasteiger partial charge in [0, 0.05) is 7.05 Å². The molecule has 0 unspecified atom stereocenters. The molecule has 26 heavy (non-hydrogen) atoms. The lowest BCUT2D eigenvalue weighted by atomic mass is 9.81. The summed E-state index contributed by atoms with van der Waals surface area (Å²) in [5, 5.41) is 2.47. The lowest BCUT2D eigenvalue weighted by Crippen LogP contribution is -2.28. The molecule has 0 aliphatic carbocycles. The van der Waals surface area contributed by atoms with Crippen LogP contribution in [0.25, 0.3) is 0 Å². The lowest BCUT2D eigenvalue weighted by Gasteiger charge is -2.25. The molecule has 0 saturated heterocycles. The first kappa shape index (κ1) is 21.9. The van der Waals surface area contributed by atoms with Crippen LogP contribution in [0.3, 0.4) is 0 Å². The Labute approximate surface area is 157 Å². The second kappa shape index (κ2) is 11.4. The van der Waals surface area contributed by atoms with Crippen LogP contribution >= 0.6 is 0 Å². The molecule has 1 aromatic carbocycles. The van der Waals surface area contributed by atoms with Crippen molar-refractivity contribution in [2.24, 2.45) is 5.92 Å². The van der Waals surface area contributed by atoms with Gasteiger partial charge in [-0.2, -0.15) is 0 Å². The van der Waals surface area contributed by atoms with E-state index >= 15 is 0 Å². The van der Waals surface area contributed by atoms with Gasteiger partial charge in [0.1, 0.15) is 17.6 Å². The van der Waals surface area contributed by atoms with Crippen molar-refractivity contribution in [2.45, 2.75) is 45.5 Å². The van der Waals surface area contributed by atoms with Crippen LogP contribution in [0.4, 0.5) is 0 Å². The number of esters is 1. The fourth-order valence-electron chi connectivity index (χ4n) is 2.22. The first-order chi connectivity index (χ1) is 12.3. The van der Waals surface area contributed by atoms with Crippen LogP contribution < -0.4 is 14.8 Å². The first-order valence-corrected chi connectivity index (χ1v) is 8.87. The van der Waals surface area contributed by atoms with Crippen molar-refractivity contribution in [3.05, 3.63) is 24.3 Å². The average molecular weight is 361 g/mol. The van der Waals surface area contributed by atoms with Gasteiger partial charge in [0.25, 0.3) is 5.91 Å². The van der Waals surface area contributed by atoms with Crippen LogP contribution in [0.15, 0.2) is 24.3 Å². The summed E-state index contributed by atoms with van der Waals surface area (Å²) in [5.41, 5.74) is 0. The molecule has 0 aliphatic heterocycles. The topological polar surface area (TPSA) is 73.9 Å². The van der Waals surface area contributed by atoms with Crippen molar-refractivity contribution in [3.8, 4) is 11.5 Å². The molecule has 7 heteroatoms. The molecule has 0 saturated carbocycles. The Hall–Kier alpha value is -2.18. The Morgan fingerprint density at radius 1 is 1.08 bits per heavy atom. The third-order valence-corrected chi connectivity index (χ3v) is 3.99. The van der Waals surface area contributed by atoms with Crippen LogP contribution in [0.2, 0.25) is 5.82 Å². The lowest BCUT2D eigenvalue weighted by molar-refractivity contribution is -0.154. The van der Waals surface area contributed by atoms with Crippen molar-refractivity contribution in [3.63, 3.8) is 0 Å². The maximum atomic E-state index is 12.0. The number of rotatable bonds is 11. The Balaban J connectivity index is 2.46. The zero-order valence-electron chi connectivity index (χ0n) is 16.0. The Morgan fingerprint density at radius 3 is 2.08 bits per heavy atom. The van der Waals surface area contributed by atoms with Crippen LogP contribution in [-0.4, -0.2) is 46.1 Å². The molecule has 1 rings (SSSR count). The van der Waals surface area contributed by atoms with E-state index in [9.17, 15) is 9.59 Å². The molecule has 0 bridgehead atoms. The minimum Gasteiger partial charge on any atom is -0.484 e. The van der Waals surface area contributed by atoms with E-state index in [1.807, 2.05) is 13.8 Å². The molecule has 0 aliphatic rings. The number of benzene rings is 1. The van der Waals surface area contributed by atoms with E-state index in [1.165, 1.54) is 0 Å². The van der Waals surface area contributed by atoms with E-state index in [0.29, 0.717) is 17.9 Å². The molecule has 3 atom stereocenters. The monoisotopic (exact) mass is 361 g/mol. The van der Waals surface area contributed by atoms with E-state index in [0.717, 1.165) is 6.42 Å². The summed E-state index contributed by atoms with van der Waals surface area (Å²) < 4.78 is 16.3. The number of nitrogens with one attached hydrogen (secondary N) is 1. The normalized spacial score (nSPS) is 14.0. The van der Waals surface area contributed by atoms with E-state index in [2.05, 4.69) is 12.2 Å². The quantitative estimate of drug-likeness (QED) is 0.484. The summed E-state index contributed by atoms with van der Waals surface area (Å²) >= 11 is 0. The van der Waals surface area contributed by atoms with Gasteiger partial charge in [-0.3, -0.25) is 4.79 Å². The van der Waals surface area contributed by atoms with Gasteiger partial charge in [-0.05, 0) is 36.6 Å². The number of hydrogen-bond donors (Lipinski definition) is 1. The summed E-state index contributed by atoms with van der Waals surface area (Å²) in [6.07, 6.45) is 1.32. The molecule has 1 amide bonds. The highest BCUT2D eigenvalue weighted by Crippen LogP contribution is 2.21. The summed E-state index contributed by atoms with van der Waals surface area (Å²) in [6.45, 7) is 5.76. The van der Waals surface area contributed by atoms with Crippen LogP contribution in [0, 0.1) is 5.92 Å². The SMILES string of the molecule is [B][C@H](C)C[C@@H](OC(=O)COc1ccc(OCC(=O)NC)cc1)[C@H](C)CC. The molecule has 6 nitrogen and oxygen atoms in total. The van der Waals surface area contributed by atoms with E-state index in [1.54, 1.807) is 31.3 Å². The Kier molecular flexibility index (Phi) is 9.62. The van der Waals surface area contributed by atoms with Crippen molar-refractivity contribution in [1.29, 1.82) is 0 Å². The first-order valence-electron chi connectivity index (χ1n) is 8.87. The molecule has 0 fully saturated rings. The Morgan fingerprint density at radius 2 is 1.62 bits per heavy atom. The summed E-state index contributed by atoms with van der Waals surface area (Å²) in [5.74, 6) is 0.622. The fourth-order valence-corrected chi connectivity index (χ4v) is 2.22. The van der Waals surface area contributed by atoms with Crippen molar-refractivity contribution >= 4 is 19.7 Å². The van der Waals surface area contributed by atoms with Gasteiger partial charge in [-0.15, -0.1) is 0 Å². The predicted octanol–water partition coefficient (Wildman–Crippen LogP) is 2.52. The van der Waals surface area contributed by atoms with Crippen LogP contribution in [0.1, 0.15) is 33.6 Å². The molecule has 1 aromatic rings. The second-order valence-electron chi connectivity index (χ2n) is 6.35. The molecule has 0 heterocycles. The predicted molar refractivity (Wildman–Crippen MR) is 101 cm³/mol. The molecule has 0 spiro atoms. The van der Waals surface area contributed by atoms with Gasteiger partial charge in [0.05, 0.1) is 7.85 Å². The van der Waals surface area contributed by atoms with Gasteiger partial charge < -0.3 is 19.5 Å². The zero-order chi connectivity index (χ0) is 19.5. The van der Waals surface area contributed by atoms with Crippen molar-refractivity contribution in [1.82, 2.24) is 5.32 Å². The fraction of sp³-hybridized carbons (Fsp3) is 0.579. The van der Waals surface area contributed by atoms with E-state index in [-0.39, 0.29) is 37.0 Å². The molecular weight excluding hydrogens is 333 g/mol. The van der Waals surface area contributed by atoms with E-state index in [4.69, 9.17) is 22.1 Å². The van der Waals surface area contributed by atoms with Gasteiger partial charge in [-0.25, -0.2) is 4.79 Å². The van der Waals surface area contributed by atoms with E-state index < -0.39 is 5.97 Å². The number of carbonyl (C=O) groups is 2. The zero-order valence-corrected chi connectivity index (χ0v) is 16.0. The number of carbonyl (C=O) groups excluding carboxylic acids is 2. The highest BCUT2D eigenvalue weighted by Gasteiger charge is 2.21. The number of hydrogen-bond acceptors (Lipinski definition) is 5. The highest BCUT2D eigenvalue weighted by atomic mass is 16.6. The molecule has 0 aromatic heterocycles. The van der Waals surface area contributed by atoms with Crippen LogP contribution in [0.5, 0.6) is 11.5 Å². The Bertz CT molecular complexity index is 562. The second-order valence-corrected chi connectivity index (χ2v) is 6.35. The molecule has 1 N–H and O–H groups in total. The molecule has 142 valence electrons. The number of ether oxygens (including phenoxy) is 3. The maximum Gasteiger partial charge on any atom is 0.344 e. The molecular formula is C19H28BNO5. The smallest absolute Gasteiger partial charge is 0.344 e. The van der Waals surface area contributed by atoms with Gasteiger partial charge in [-0.1, -0.05) is 33.0 Å². The third-order valence-electron chi connectivity index (χ3n) is 3.99. The molecule has 2 radical (unpaired) electrons. The summed E-state index contributed by atoms with van der Waals surface area (Å²) in [7, 11) is 7.38. The standard InChI is InChI=1S/C19H28BNO5/c1-5-13(2)17(10-14(3)20)26-19(23)12-25-16-8-6-15(7-9-16)24-11-18(22)21-4/h6-9,13-14,17H,5,10-12H2,1-4H3,(H,21,22)/t13-,14-,17-/m1/s1. The minimum atomic E-state index is -0.420. The summed E-state index contributed by atoms with van der Waals surface area (Å²) in [6, 6.07) is 6.67. The minimum absolute atomic E-state index is 0.0370. The number of likely N-dealkylation sites (N-methyl/N-ethyl adjacent to an activating group) is 1. The van der Waals surface area contributed by atoms with Crippen molar-refractivity contribution < 1.29 is 23.8 Å². The van der Waals surface area contributed by atoms with Gasteiger partial charge in [0.2, 0.25) is 0 Å². The van der Waals surface area contributed by atoms with Gasteiger partial charge in [0.15, 0.2) is 13.2 Å². The third kappa shape index (κ3) is 8.27. The van der Waals surface area contributed by atoms with Crippen LogP contribution in [-0.2, 0) is 14.3 Å². The highest BCUT2D eigenvalue weighted by molar-refractivity contribution is 6.11. The number of amides is 1. The summed E-state index contributed by atoms with van der Waals surface area (Å²) in [4.78, 5) is 23.2. The largest absolute Gasteiger partial charge is 0.484 e. The average Bonchev–Trinajstić information content (AvgIpc) is 2.63.